The molecule has 0 saturated carbocycles. The van der Waals surface area contributed by atoms with Gasteiger partial charge in [-0.2, -0.15) is 0 Å². The first-order valence-electron chi connectivity index (χ1n) is 3.63. The molecule has 1 aliphatic rings. The van der Waals surface area contributed by atoms with Crippen molar-refractivity contribution < 1.29 is 4.79 Å². The minimum absolute atomic E-state index is 0.333. The highest BCUT2D eigenvalue weighted by atomic mass is 16.1. The van der Waals surface area contributed by atoms with Crippen molar-refractivity contribution in [2.75, 3.05) is 0 Å². The van der Waals surface area contributed by atoms with Gasteiger partial charge in [-0.3, -0.25) is 4.79 Å². The van der Waals surface area contributed by atoms with E-state index in [1.54, 1.807) is 12.3 Å². The molecule has 3 nitrogen and oxygen atoms in total. The Bertz CT molecular complexity index is 220. The van der Waals surface area contributed by atoms with E-state index in [4.69, 9.17) is 5.73 Å². The van der Waals surface area contributed by atoms with Crippen molar-refractivity contribution in [1.29, 1.82) is 0 Å². The molecule has 0 saturated heterocycles. The minimum atomic E-state index is -0.658. The summed E-state index contributed by atoms with van der Waals surface area (Å²) >= 11 is 0. The summed E-state index contributed by atoms with van der Waals surface area (Å²) < 4.78 is 0. The summed E-state index contributed by atoms with van der Waals surface area (Å²) in [5, 5.41) is 2.94. The van der Waals surface area contributed by atoms with Crippen molar-refractivity contribution in [2.45, 2.75) is 18.9 Å². The van der Waals surface area contributed by atoms with Crippen LogP contribution in [0.25, 0.3) is 0 Å². The van der Waals surface area contributed by atoms with E-state index >= 15 is 0 Å². The van der Waals surface area contributed by atoms with Crippen molar-refractivity contribution in [2.24, 2.45) is 5.73 Å². The monoisotopic (exact) mass is 152 g/mol. The lowest BCUT2D eigenvalue weighted by molar-refractivity contribution is -0.122. The molecular formula is C8H12N2O. The van der Waals surface area contributed by atoms with Crippen LogP contribution in [0.2, 0.25) is 0 Å². The fourth-order valence-electron chi connectivity index (χ4n) is 1.07. The first-order chi connectivity index (χ1) is 5.21. The molecule has 1 heterocycles. The SMILES string of the molecule is CCC1(C(N)=O)C=CC=CN1. The zero-order valence-corrected chi connectivity index (χ0v) is 6.50. The molecule has 0 bridgehead atoms. The van der Waals surface area contributed by atoms with Gasteiger partial charge in [0.15, 0.2) is 0 Å². The summed E-state index contributed by atoms with van der Waals surface area (Å²) in [6, 6.07) is 0. The maximum Gasteiger partial charge on any atom is 0.247 e. The Labute approximate surface area is 66.0 Å². The number of hydrogen-bond donors (Lipinski definition) is 2. The highest BCUT2D eigenvalue weighted by Crippen LogP contribution is 2.14. The van der Waals surface area contributed by atoms with Gasteiger partial charge in [0.1, 0.15) is 5.54 Å². The standard InChI is InChI=1S/C8H12N2O/c1-2-8(7(9)11)5-3-4-6-10-8/h3-6,10H,2H2,1H3,(H2,9,11). The topological polar surface area (TPSA) is 55.1 Å². The predicted molar refractivity (Wildman–Crippen MR) is 43.6 cm³/mol. The van der Waals surface area contributed by atoms with Crippen LogP contribution in [0.15, 0.2) is 24.4 Å². The number of carbonyl (C=O) groups excluding carboxylic acids is 1. The molecule has 0 radical (unpaired) electrons. The Morgan fingerprint density at radius 3 is 2.64 bits per heavy atom. The number of amides is 1. The van der Waals surface area contributed by atoms with E-state index in [-0.39, 0.29) is 5.91 Å². The summed E-state index contributed by atoms with van der Waals surface area (Å²) in [7, 11) is 0. The number of primary amides is 1. The van der Waals surface area contributed by atoms with Crippen LogP contribution in [0.5, 0.6) is 0 Å². The van der Waals surface area contributed by atoms with Crippen molar-refractivity contribution in [3.8, 4) is 0 Å². The number of hydrogen-bond acceptors (Lipinski definition) is 2. The number of nitrogens with one attached hydrogen (secondary N) is 1. The fourth-order valence-corrected chi connectivity index (χ4v) is 1.07. The number of dihydropyridines is 1. The molecule has 0 fully saturated rings. The van der Waals surface area contributed by atoms with Crippen LogP contribution in [-0.2, 0) is 4.79 Å². The molecule has 1 amide bonds. The maximum atomic E-state index is 11.0. The number of carbonyl (C=O) groups is 1. The highest BCUT2D eigenvalue weighted by Gasteiger charge is 2.30. The molecule has 11 heavy (non-hydrogen) atoms. The summed E-state index contributed by atoms with van der Waals surface area (Å²) in [4.78, 5) is 11.0. The lowest BCUT2D eigenvalue weighted by atomic mass is 9.93. The van der Waals surface area contributed by atoms with Gasteiger partial charge in [-0.1, -0.05) is 13.0 Å². The molecule has 3 heteroatoms. The van der Waals surface area contributed by atoms with E-state index in [2.05, 4.69) is 5.32 Å². The van der Waals surface area contributed by atoms with Gasteiger partial charge < -0.3 is 11.1 Å². The second-order valence-electron chi connectivity index (χ2n) is 2.55. The average molecular weight is 152 g/mol. The van der Waals surface area contributed by atoms with Gasteiger partial charge >= 0.3 is 0 Å². The van der Waals surface area contributed by atoms with Crippen LogP contribution in [0.4, 0.5) is 0 Å². The van der Waals surface area contributed by atoms with E-state index in [0.717, 1.165) is 0 Å². The van der Waals surface area contributed by atoms with Gasteiger partial charge in [-0.25, -0.2) is 0 Å². The summed E-state index contributed by atoms with van der Waals surface area (Å²) in [6.45, 7) is 1.92. The lowest BCUT2D eigenvalue weighted by Crippen LogP contribution is -2.52. The number of rotatable bonds is 2. The third kappa shape index (κ3) is 1.27. The molecule has 60 valence electrons. The van der Waals surface area contributed by atoms with Crippen molar-refractivity contribution in [1.82, 2.24) is 5.32 Å². The van der Waals surface area contributed by atoms with E-state index in [0.29, 0.717) is 6.42 Å². The largest absolute Gasteiger partial charge is 0.374 e. The fraction of sp³-hybridized carbons (Fsp3) is 0.375. The Morgan fingerprint density at radius 1 is 1.64 bits per heavy atom. The first-order valence-corrected chi connectivity index (χ1v) is 3.63. The molecule has 0 aromatic carbocycles. The Balaban J connectivity index is 2.85. The first kappa shape index (κ1) is 7.85. The minimum Gasteiger partial charge on any atom is -0.374 e. The average Bonchev–Trinajstić information content (AvgIpc) is 2.05. The smallest absolute Gasteiger partial charge is 0.247 e. The molecular weight excluding hydrogens is 140 g/mol. The predicted octanol–water partition coefficient (Wildman–Crippen LogP) is 0.294. The summed E-state index contributed by atoms with van der Waals surface area (Å²) in [5.74, 6) is -0.333. The van der Waals surface area contributed by atoms with Crippen molar-refractivity contribution in [3.05, 3.63) is 24.4 Å². The zero-order chi connectivity index (χ0) is 8.32. The Kier molecular flexibility index (Phi) is 1.98. The quantitative estimate of drug-likeness (QED) is 0.597. The van der Waals surface area contributed by atoms with Crippen LogP contribution in [0.1, 0.15) is 13.3 Å². The second kappa shape index (κ2) is 2.78. The van der Waals surface area contributed by atoms with E-state index in [9.17, 15) is 4.79 Å². The van der Waals surface area contributed by atoms with E-state index < -0.39 is 5.54 Å². The number of allylic oxidation sites excluding steroid dienone is 2. The van der Waals surface area contributed by atoms with Gasteiger partial charge in [0.05, 0.1) is 0 Å². The molecule has 0 spiro atoms. The summed E-state index contributed by atoms with van der Waals surface area (Å²) in [6.07, 6.45) is 7.84. The van der Waals surface area contributed by atoms with Gasteiger partial charge in [0.2, 0.25) is 5.91 Å². The molecule has 0 aromatic heterocycles. The van der Waals surface area contributed by atoms with E-state index in [1.165, 1.54) is 0 Å². The van der Waals surface area contributed by atoms with Gasteiger partial charge in [0.25, 0.3) is 0 Å². The van der Waals surface area contributed by atoms with Crippen LogP contribution in [-0.4, -0.2) is 11.4 Å². The molecule has 1 rings (SSSR count). The van der Waals surface area contributed by atoms with Crippen molar-refractivity contribution in [3.63, 3.8) is 0 Å². The molecule has 0 aromatic rings. The zero-order valence-electron chi connectivity index (χ0n) is 6.50. The molecule has 3 N–H and O–H groups in total. The molecule has 1 unspecified atom stereocenters. The molecule has 1 atom stereocenters. The van der Waals surface area contributed by atoms with Gasteiger partial charge in [-0.05, 0) is 24.8 Å². The third-order valence-electron chi connectivity index (χ3n) is 1.93. The number of nitrogens with two attached hydrogens (primary N) is 1. The lowest BCUT2D eigenvalue weighted by Gasteiger charge is -2.27. The van der Waals surface area contributed by atoms with Gasteiger partial charge in [0, 0.05) is 0 Å². The van der Waals surface area contributed by atoms with Gasteiger partial charge in [-0.15, -0.1) is 0 Å². The van der Waals surface area contributed by atoms with Crippen LogP contribution < -0.4 is 11.1 Å². The van der Waals surface area contributed by atoms with Crippen LogP contribution in [0.3, 0.4) is 0 Å². The summed E-state index contributed by atoms with van der Waals surface area (Å²) in [5.41, 5.74) is 4.57. The van der Waals surface area contributed by atoms with Crippen LogP contribution in [0, 0.1) is 0 Å². The van der Waals surface area contributed by atoms with Crippen molar-refractivity contribution >= 4 is 5.91 Å². The molecule has 0 aliphatic carbocycles. The third-order valence-corrected chi connectivity index (χ3v) is 1.93. The second-order valence-corrected chi connectivity index (χ2v) is 2.55. The van der Waals surface area contributed by atoms with Crippen LogP contribution >= 0.6 is 0 Å². The molecule has 1 aliphatic heterocycles. The normalized spacial score (nSPS) is 28.1. The Hall–Kier alpha value is -1.25. The highest BCUT2D eigenvalue weighted by molar-refractivity contribution is 5.87. The van der Waals surface area contributed by atoms with E-state index in [1.807, 2.05) is 19.1 Å². The maximum absolute atomic E-state index is 11.0. The Morgan fingerprint density at radius 2 is 2.36 bits per heavy atom.